The van der Waals surface area contributed by atoms with Crippen molar-refractivity contribution in [3.05, 3.63) is 28.3 Å². The quantitative estimate of drug-likeness (QED) is 0.489. The molecule has 1 N–H and O–H groups in total. The van der Waals surface area contributed by atoms with E-state index in [0.717, 1.165) is 0 Å². The molecular formula is C12H17NO4S. The zero-order valence-corrected chi connectivity index (χ0v) is 11.4. The maximum atomic E-state index is 11.1. The van der Waals surface area contributed by atoms with Crippen molar-refractivity contribution in [3.8, 4) is 5.75 Å². The van der Waals surface area contributed by atoms with E-state index in [2.05, 4.69) is 0 Å². The molecule has 0 saturated heterocycles. The molecule has 0 aromatic heterocycles. The maximum Gasteiger partial charge on any atom is 0.324 e. The number of aliphatic hydroxyl groups excluding tert-OH is 1. The van der Waals surface area contributed by atoms with Gasteiger partial charge in [-0.1, -0.05) is 13.0 Å². The summed E-state index contributed by atoms with van der Waals surface area (Å²) in [6, 6.07) is 4.97. The molecule has 0 heterocycles. The van der Waals surface area contributed by atoms with Crippen LogP contribution in [0.1, 0.15) is 20.8 Å². The Kier molecular flexibility index (Phi) is 5.43. The molecule has 1 aromatic carbocycles. The molecule has 2 atom stereocenters. The standard InChI is InChI=1S/C12H17NO4S/c1-4-17-10-6-5-7-11(12(10)13(15)16)18-9(3)8(2)14/h5-9,14H,4H2,1-3H3. The zero-order chi connectivity index (χ0) is 13.7. The Morgan fingerprint density at radius 3 is 2.67 bits per heavy atom. The lowest BCUT2D eigenvalue weighted by Crippen LogP contribution is -2.15. The van der Waals surface area contributed by atoms with E-state index in [1.165, 1.54) is 11.8 Å². The van der Waals surface area contributed by atoms with E-state index in [9.17, 15) is 15.2 Å². The van der Waals surface area contributed by atoms with E-state index in [1.807, 2.05) is 6.92 Å². The minimum absolute atomic E-state index is 0.0307. The van der Waals surface area contributed by atoms with E-state index < -0.39 is 11.0 Å². The molecule has 18 heavy (non-hydrogen) atoms. The fraction of sp³-hybridized carbons (Fsp3) is 0.500. The smallest absolute Gasteiger partial charge is 0.324 e. The van der Waals surface area contributed by atoms with Gasteiger partial charge in [-0.15, -0.1) is 11.8 Å². The number of nitrogens with zero attached hydrogens (tertiary/aromatic N) is 1. The summed E-state index contributed by atoms with van der Waals surface area (Å²) >= 11 is 1.27. The fourth-order valence-corrected chi connectivity index (χ4v) is 2.39. The van der Waals surface area contributed by atoms with Crippen LogP contribution in [0.4, 0.5) is 5.69 Å². The maximum absolute atomic E-state index is 11.1. The highest BCUT2D eigenvalue weighted by atomic mass is 32.2. The van der Waals surface area contributed by atoms with Crippen molar-refractivity contribution >= 4 is 17.4 Å². The summed E-state index contributed by atoms with van der Waals surface area (Å²) in [6.45, 7) is 5.64. The minimum Gasteiger partial charge on any atom is -0.487 e. The van der Waals surface area contributed by atoms with Gasteiger partial charge in [-0.2, -0.15) is 0 Å². The summed E-state index contributed by atoms with van der Waals surface area (Å²) < 4.78 is 5.26. The Balaban J connectivity index is 3.10. The lowest BCUT2D eigenvalue weighted by molar-refractivity contribution is -0.388. The van der Waals surface area contributed by atoms with Crippen molar-refractivity contribution < 1.29 is 14.8 Å². The average Bonchev–Trinajstić information content (AvgIpc) is 2.29. The van der Waals surface area contributed by atoms with Gasteiger partial charge >= 0.3 is 5.69 Å². The Bertz CT molecular complexity index is 423. The topological polar surface area (TPSA) is 72.6 Å². The third-order valence-electron chi connectivity index (χ3n) is 2.44. The summed E-state index contributed by atoms with van der Waals surface area (Å²) in [5.74, 6) is 0.269. The van der Waals surface area contributed by atoms with Gasteiger partial charge in [0.25, 0.3) is 0 Å². The van der Waals surface area contributed by atoms with Crippen molar-refractivity contribution in [1.82, 2.24) is 0 Å². The monoisotopic (exact) mass is 271 g/mol. The van der Waals surface area contributed by atoms with Crippen LogP contribution < -0.4 is 4.74 Å². The second kappa shape index (κ2) is 6.61. The second-order valence-corrected chi connectivity index (χ2v) is 5.28. The number of rotatable bonds is 6. The number of aliphatic hydroxyl groups is 1. The molecule has 0 radical (unpaired) electrons. The minimum atomic E-state index is -0.537. The Morgan fingerprint density at radius 1 is 1.50 bits per heavy atom. The SMILES string of the molecule is CCOc1cccc(SC(C)C(C)O)c1[N+](=O)[O-]. The number of nitro groups is 1. The van der Waals surface area contributed by atoms with E-state index in [-0.39, 0.29) is 16.7 Å². The number of hydrogen-bond donors (Lipinski definition) is 1. The molecule has 0 aliphatic rings. The van der Waals surface area contributed by atoms with Gasteiger partial charge in [-0.3, -0.25) is 10.1 Å². The predicted molar refractivity (Wildman–Crippen MR) is 71.3 cm³/mol. The van der Waals surface area contributed by atoms with Gasteiger partial charge < -0.3 is 9.84 Å². The van der Waals surface area contributed by atoms with Crippen LogP contribution in [-0.2, 0) is 0 Å². The van der Waals surface area contributed by atoms with Gasteiger partial charge in [0.2, 0.25) is 0 Å². The van der Waals surface area contributed by atoms with E-state index >= 15 is 0 Å². The third-order valence-corrected chi connectivity index (χ3v) is 3.79. The van der Waals surface area contributed by atoms with Crippen LogP contribution in [0.2, 0.25) is 0 Å². The highest BCUT2D eigenvalue weighted by Gasteiger charge is 2.23. The van der Waals surface area contributed by atoms with Crippen molar-refractivity contribution in [1.29, 1.82) is 0 Å². The Hall–Kier alpha value is -1.27. The fourth-order valence-electron chi connectivity index (χ4n) is 1.35. The lowest BCUT2D eigenvalue weighted by atomic mass is 10.3. The van der Waals surface area contributed by atoms with Crippen molar-refractivity contribution in [2.75, 3.05) is 6.61 Å². The lowest BCUT2D eigenvalue weighted by Gasteiger charge is -2.15. The molecule has 1 aromatic rings. The molecule has 0 aliphatic carbocycles. The van der Waals surface area contributed by atoms with Crippen LogP contribution >= 0.6 is 11.8 Å². The van der Waals surface area contributed by atoms with Crippen molar-refractivity contribution in [3.63, 3.8) is 0 Å². The highest BCUT2D eigenvalue weighted by Crippen LogP contribution is 2.39. The van der Waals surface area contributed by atoms with Crippen molar-refractivity contribution in [2.45, 2.75) is 37.0 Å². The molecule has 0 aliphatic heterocycles. The molecule has 0 bridgehead atoms. The van der Waals surface area contributed by atoms with Gasteiger partial charge in [0.1, 0.15) is 0 Å². The molecule has 0 amide bonds. The van der Waals surface area contributed by atoms with Crippen LogP contribution in [0.5, 0.6) is 5.75 Å². The second-order valence-electron chi connectivity index (χ2n) is 3.86. The van der Waals surface area contributed by atoms with E-state index in [4.69, 9.17) is 4.74 Å². The van der Waals surface area contributed by atoms with Gasteiger partial charge in [-0.25, -0.2) is 0 Å². The number of benzene rings is 1. The molecule has 0 saturated carbocycles. The first-order valence-electron chi connectivity index (χ1n) is 5.72. The molecule has 0 fully saturated rings. The van der Waals surface area contributed by atoms with Gasteiger partial charge in [0.15, 0.2) is 5.75 Å². The number of hydrogen-bond acceptors (Lipinski definition) is 5. The molecule has 6 heteroatoms. The summed E-state index contributed by atoms with van der Waals surface area (Å²) in [4.78, 5) is 11.2. The van der Waals surface area contributed by atoms with Crippen LogP contribution in [0.15, 0.2) is 23.1 Å². The van der Waals surface area contributed by atoms with Crippen LogP contribution in [-0.4, -0.2) is 28.0 Å². The summed E-state index contributed by atoms with van der Waals surface area (Å²) in [5, 5.41) is 20.5. The first kappa shape index (κ1) is 14.8. The molecule has 0 spiro atoms. The molecular weight excluding hydrogens is 254 g/mol. The summed E-state index contributed by atoms with van der Waals surface area (Å²) in [6.07, 6.45) is -0.537. The zero-order valence-electron chi connectivity index (χ0n) is 10.6. The third kappa shape index (κ3) is 3.61. The molecule has 5 nitrogen and oxygen atoms in total. The largest absolute Gasteiger partial charge is 0.487 e. The molecule has 2 unspecified atom stereocenters. The van der Waals surface area contributed by atoms with E-state index in [1.54, 1.807) is 32.0 Å². The number of nitro benzene ring substituents is 1. The van der Waals surface area contributed by atoms with Gasteiger partial charge in [0, 0.05) is 5.25 Å². The van der Waals surface area contributed by atoms with Crippen LogP contribution in [0, 0.1) is 10.1 Å². The summed E-state index contributed by atoms with van der Waals surface area (Å²) in [7, 11) is 0. The first-order chi connectivity index (χ1) is 8.47. The Labute approximate surface area is 110 Å². The molecule has 1 rings (SSSR count). The van der Waals surface area contributed by atoms with Gasteiger partial charge in [0.05, 0.1) is 22.5 Å². The average molecular weight is 271 g/mol. The highest BCUT2D eigenvalue weighted by molar-refractivity contribution is 8.00. The first-order valence-corrected chi connectivity index (χ1v) is 6.60. The van der Waals surface area contributed by atoms with Crippen molar-refractivity contribution in [2.24, 2.45) is 0 Å². The number of para-hydroxylation sites is 1. The normalized spacial score (nSPS) is 14.0. The number of thioether (sulfide) groups is 1. The van der Waals surface area contributed by atoms with Crippen LogP contribution in [0.3, 0.4) is 0 Å². The summed E-state index contributed by atoms with van der Waals surface area (Å²) in [5.41, 5.74) is -0.0307. The Morgan fingerprint density at radius 2 is 2.17 bits per heavy atom. The predicted octanol–water partition coefficient (Wildman–Crippen LogP) is 2.85. The van der Waals surface area contributed by atoms with E-state index in [0.29, 0.717) is 11.5 Å². The van der Waals surface area contributed by atoms with Gasteiger partial charge in [-0.05, 0) is 26.0 Å². The molecule has 100 valence electrons. The number of ether oxygens (including phenoxy) is 1. The van der Waals surface area contributed by atoms with Crippen LogP contribution in [0.25, 0.3) is 0 Å².